The molecule has 18 heavy (non-hydrogen) atoms. The van der Waals surface area contributed by atoms with Crippen LogP contribution in [0, 0.1) is 0 Å². The van der Waals surface area contributed by atoms with Crippen LogP contribution < -0.4 is 11.1 Å². The number of carbonyl (C=O) groups excluding carboxylic acids is 1. The maximum absolute atomic E-state index is 10.8. The second-order valence-corrected chi connectivity index (χ2v) is 4.64. The molecule has 98 valence electrons. The fourth-order valence-electron chi connectivity index (χ4n) is 2.20. The number of amides is 1. The molecule has 1 aliphatic rings. The number of aromatic nitrogens is 2. The second-order valence-electron chi connectivity index (χ2n) is 4.64. The molecule has 0 saturated carbocycles. The lowest BCUT2D eigenvalue weighted by molar-refractivity contribution is -0.119. The Labute approximate surface area is 107 Å². The van der Waals surface area contributed by atoms with E-state index in [1.54, 1.807) is 0 Å². The van der Waals surface area contributed by atoms with Gasteiger partial charge in [0.05, 0.1) is 6.54 Å². The van der Waals surface area contributed by atoms with E-state index in [0.29, 0.717) is 12.6 Å². The van der Waals surface area contributed by atoms with Crippen LogP contribution in [0.15, 0.2) is 18.7 Å². The summed E-state index contributed by atoms with van der Waals surface area (Å²) in [7, 11) is 0. The second kappa shape index (κ2) is 6.42. The van der Waals surface area contributed by atoms with Gasteiger partial charge in [-0.25, -0.2) is 9.97 Å². The molecule has 1 fully saturated rings. The summed E-state index contributed by atoms with van der Waals surface area (Å²) in [5, 5.41) is 3.49. The first-order chi connectivity index (χ1) is 8.74. The topological polar surface area (TPSA) is 84.1 Å². The number of likely N-dealkylation sites (tertiary alicyclic amines) is 1. The quantitative estimate of drug-likeness (QED) is 0.736. The van der Waals surface area contributed by atoms with Crippen LogP contribution in [0.1, 0.15) is 18.4 Å². The van der Waals surface area contributed by atoms with Gasteiger partial charge in [-0.1, -0.05) is 0 Å². The van der Waals surface area contributed by atoms with Gasteiger partial charge in [-0.05, 0) is 12.8 Å². The van der Waals surface area contributed by atoms with Gasteiger partial charge in [0.1, 0.15) is 6.33 Å². The van der Waals surface area contributed by atoms with Crippen LogP contribution in [0.2, 0.25) is 0 Å². The molecule has 1 aliphatic heterocycles. The predicted octanol–water partition coefficient (Wildman–Crippen LogP) is -0.484. The summed E-state index contributed by atoms with van der Waals surface area (Å²) < 4.78 is 0. The maximum atomic E-state index is 10.8. The highest BCUT2D eigenvalue weighted by atomic mass is 16.1. The Morgan fingerprint density at radius 2 is 2.06 bits per heavy atom. The molecule has 1 aromatic rings. The highest BCUT2D eigenvalue weighted by molar-refractivity contribution is 5.75. The van der Waals surface area contributed by atoms with Gasteiger partial charge in [-0.15, -0.1) is 0 Å². The highest BCUT2D eigenvalue weighted by Crippen LogP contribution is 2.10. The molecule has 0 spiro atoms. The van der Waals surface area contributed by atoms with Gasteiger partial charge in [0.25, 0.3) is 0 Å². The Morgan fingerprint density at radius 3 is 2.67 bits per heavy atom. The zero-order chi connectivity index (χ0) is 12.8. The summed E-state index contributed by atoms with van der Waals surface area (Å²) in [6, 6.07) is 0.495. The van der Waals surface area contributed by atoms with Crippen LogP contribution in [0.4, 0.5) is 0 Å². The van der Waals surface area contributed by atoms with Crippen molar-refractivity contribution < 1.29 is 4.79 Å². The van der Waals surface area contributed by atoms with E-state index >= 15 is 0 Å². The molecule has 0 aromatic carbocycles. The SMILES string of the molecule is NC(=O)CN1CCC(NCc2cncnc2)CC1. The lowest BCUT2D eigenvalue weighted by Crippen LogP contribution is -2.45. The first-order valence-corrected chi connectivity index (χ1v) is 6.22. The summed E-state index contributed by atoms with van der Waals surface area (Å²) in [4.78, 5) is 20.9. The Morgan fingerprint density at radius 1 is 1.39 bits per heavy atom. The third kappa shape index (κ3) is 4.05. The van der Waals surface area contributed by atoms with Crippen LogP contribution in [0.25, 0.3) is 0 Å². The molecular weight excluding hydrogens is 230 g/mol. The molecule has 0 unspecified atom stereocenters. The van der Waals surface area contributed by atoms with E-state index in [1.807, 2.05) is 12.4 Å². The maximum Gasteiger partial charge on any atom is 0.231 e. The summed E-state index contributed by atoms with van der Waals surface area (Å²) in [6.45, 7) is 3.01. The number of primary amides is 1. The third-order valence-corrected chi connectivity index (χ3v) is 3.18. The lowest BCUT2D eigenvalue weighted by atomic mass is 10.0. The normalized spacial score (nSPS) is 17.8. The monoisotopic (exact) mass is 249 g/mol. The molecule has 0 atom stereocenters. The average molecular weight is 249 g/mol. The zero-order valence-corrected chi connectivity index (χ0v) is 10.4. The van der Waals surface area contributed by atoms with Gasteiger partial charge in [0.15, 0.2) is 0 Å². The number of hydrogen-bond acceptors (Lipinski definition) is 5. The van der Waals surface area contributed by atoms with Crippen molar-refractivity contribution in [1.82, 2.24) is 20.2 Å². The molecule has 1 saturated heterocycles. The van der Waals surface area contributed by atoms with Crippen LogP contribution in [0.5, 0.6) is 0 Å². The van der Waals surface area contributed by atoms with E-state index in [0.717, 1.165) is 38.0 Å². The number of nitrogens with zero attached hydrogens (tertiary/aromatic N) is 3. The minimum absolute atomic E-state index is 0.247. The highest BCUT2D eigenvalue weighted by Gasteiger charge is 2.19. The Balaban J connectivity index is 1.69. The van der Waals surface area contributed by atoms with Crippen molar-refractivity contribution in [2.24, 2.45) is 5.73 Å². The van der Waals surface area contributed by atoms with E-state index in [4.69, 9.17) is 5.73 Å². The molecule has 6 nitrogen and oxygen atoms in total. The van der Waals surface area contributed by atoms with E-state index in [9.17, 15) is 4.79 Å². The van der Waals surface area contributed by atoms with E-state index in [1.165, 1.54) is 6.33 Å². The molecule has 0 aliphatic carbocycles. The van der Waals surface area contributed by atoms with Gasteiger partial charge >= 0.3 is 0 Å². The number of rotatable bonds is 5. The van der Waals surface area contributed by atoms with Crippen molar-refractivity contribution in [3.8, 4) is 0 Å². The number of carbonyl (C=O) groups is 1. The van der Waals surface area contributed by atoms with Crippen LogP contribution in [0.3, 0.4) is 0 Å². The fourth-order valence-corrected chi connectivity index (χ4v) is 2.20. The number of piperidine rings is 1. The van der Waals surface area contributed by atoms with Crippen LogP contribution >= 0.6 is 0 Å². The van der Waals surface area contributed by atoms with Crippen molar-refractivity contribution in [1.29, 1.82) is 0 Å². The standard InChI is InChI=1S/C12H19N5O/c13-12(18)8-17-3-1-11(2-4-17)16-7-10-5-14-9-15-6-10/h5-6,9,11,16H,1-4,7-8H2,(H2,13,18). The van der Waals surface area contributed by atoms with Crippen LogP contribution in [-0.2, 0) is 11.3 Å². The average Bonchev–Trinajstić information content (AvgIpc) is 2.38. The minimum Gasteiger partial charge on any atom is -0.369 e. The van der Waals surface area contributed by atoms with Crippen molar-refractivity contribution in [3.05, 3.63) is 24.3 Å². The summed E-state index contributed by atoms with van der Waals surface area (Å²) in [5.74, 6) is -0.247. The van der Waals surface area contributed by atoms with Gasteiger partial charge in [-0.2, -0.15) is 0 Å². The van der Waals surface area contributed by atoms with Crippen LogP contribution in [-0.4, -0.2) is 46.5 Å². The number of hydrogen-bond donors (Lipinski definition) is 2. The molecular formula is C12H19N5O. The zero-order valence-electron chi connectivity index (χ0n) is 10.4. The number of nitrogens with two attached hydrogens (primary N) is 1. The molecule has 3 N–H and O–H groups in total. The van der Waals surface area contributed by atoms with Crippen molar-refractivity contribution >= 4 is 5.91 Å². The van der Waals surface area contributed by atoms with Gasteiger partial charge in [-0.3, -0.25) is 9.69 Å². The summed E-state index contributed by atoms with van der Waals surface area (Å²) >= 11 is 0. The Hall–Kier alpha value is -1.53. The first kappa shape index (κ1) is 12.9. The first-order valence-electron chi connectivity index (χ1n) is 6.22. The molecule has 2 heterocycles. The molecule has 1 amide bonds. The molecule has 0 radical (unpaired) electrons. The predicted molar refractivity (Wildman–Crippen MR) is 67.5 cm³/mol. The lowest BCUT2D eigenvalue weighted by Gasteiger charge is -2.31. The molecule has 6 heteroatoms. The van der Waals surface area contributed by atoms with E-state index < -0.39 is 0 Å². The number of nitrogens with one attached hydrogen (secondary N) is 1. The molecule has 0 bridgehead atoms. The smallest absolute Gasteiger partial charge is 0.231 e. The van der Waals surface area contributed by atoms with Crippen molar-refractivity contribution in [2.45, 2.75) is 25.4 Å². The van der Waals surface area contributed by atoms with Gasteiger partial charge < -0.3 is 11.1 Å². The summed E-state index contributed by atoms with van der Waals surface area (Å²) in [6.07, 6.45) is 7.26. The van der Waals surface area contributed by atoms with Crippen molar-refractivity contribution in [2.75, 3.05) is 19.6 Å². The third-order valence-electron chi connectivity index (χ3n) is 3.18. The minimum atomic E-state index is -0.247. The Kier molecular flexibility index (Phi) is 4.60. The molecule has 2 rings (SSSR count). The molecule has 1 aromatic heterocycles. The Bertz CT molecular complexity index is 375. The summed E-state index contributed by atoms with van der Waals surface area (Å²) in [5.41, 5.74) is 6.28. The van der Waals surface area contributed by atoms with E-state index in [2.05, 4.69) is 20.2 Å². The fraction of sp³-hybridized carbons (Fsp3) is 0.583. The largest absolute Gasteiger partial charge is 0.369 e. The van der Waals surface area contributed by atoms with Gasteiger partial charge in [0.2, 0.25) is 5.91 Å². The van der Waals surface area contributed by atoms with E-state index in [-0.39, 0.29) is 5.91 Å². The van der Waals surface area contributed by atoms with Gasteiger partial charge in [0, 0.05) is 43.6 Å². The van der Waals surface area contributed by atoms with Crippen molar-refractivity contribution in [3.63, 3.8) is 0 Å².